The number of hydrogen-bond acceptors (Lipinski definition) is 2. The first kappa shape index (κ1) is 11.8. The predicted octanol–water partition coefficient (Wildman–Crippen LogP) is 3.88. The lowest BCUT2D eigenvalue weighted by atomic mass is 10.0. The molecule has 1 aliphatic heterocycles. The van der Waals surface area contributed by atoms with Gasteiger partial charge in [0.2, 0.25) is 5.91 Å². The summed E-state index contributed by atoms with van der Waals surface area (Å²) in [5, 5.41) is 2.69. The molecule has 0 fully saturated rings. The van der Waals surface area contributed by atoms with Crippen LogP contribution in [0.2, 0.25) is 0 Å². The number of aryl methyl sites for hydroxylation is 1. The number of fused-ring (bicyclic) bond motifs is 1. The van der Waals surface area contributed by atoms with E-state index in [0.29, 0.717) is 6.42 Å². The lowest BCUT2D eigenvalue weighted by molar-refractivity contribution is -0.115. The number of thiophene rings is 1. The highest BCUT2D eigenvalue weighted by Gasteiger charge is 2.20. The molecule has 0 saturated carbocycles. The number of carbonyl (C=O) groups is 1. The van der Waals surface area contributed by atoms with Crippen molar-refractivity contribution < 1.29 is 4.79 Å². The molecule has 18 heavy (non-hydrogen) atoms. The van der Waals surface area contributed by atoms with E-state index in [4.69, 9.17) is 11.6 Å². The van der Waals surface area contributed by atoms with Crippen LogP contribution in [0.5, 0.6) is 0 Å². The molecule has 92 valence electrons. The van der Waals surface area contributed by atoms with Crippen LogP contribution in [-0.2, 0) is 11.2 Å². The van der Waals surface area contributed by atoms with Crippen molar-refractivity contribution in [1.29, 1.82) is 0 Å². The first-order valence-electron chi connectivity index (χ1n) is 5.76. The summed E-state index contributed by atoms with van der Waals surface area (Å²) in [5.41, 5.74) is 3.00. The van der Waals surface area contributed by atoms with Crippen molar-refractivity contribution in [2.24, 2.45) is 0 Å². The minimum atomic E-state index is -0.135. The second kappa shape index (κ2) is 4.41. The minimum Gasteiger partial charge on any atom is -0.326 e. The summed E-state index contributed by atoms with van der Waals surface area (Å²) in [6.07, 6.45) is 0.455. The normalized spacial score (nSPS) is 15.3. The van der Waals surface area contributed by atoms with Gasteiger partial charge in [-0.25, -0.2) is 0 Å². The van der Waals surface area contributed by atoms with E-state index < -0.39 is 0 Å². The first-order chi connectivity index (χ1) is 8.63. The van der Waals surface area contributed by atoms with E-state index in [1.54, 1.807) is 11.3 Å². The van der Waals surface area contributed by atoms with Crippen LogP contribution in [0.1, 0.15) is 26.3 Å². The molecule has 1 aliphatic rings. The van der Waals surface area contributed by atoms with Crippen molar-refractivity contribution in [3.63, 3.8) is 0 Å². The number of hydrogen-bond donors (Lipinski definition) is 1. The highest BCUT2D eigenvalue weighted by atomic mass is 35.5. The molecule has 2 heterocycles. The van der Waals surface area contributed by atoms with Crippen molar-refractivity contribution in [1.82, 2.24) is 0 Å². The van der Waals surface area contributed by atoms with Gasteiger partial charge in [0.1, 0.15) is 0 Å². The second-order valence-corrected chi connectivity index (χ2v) is 6.21. The molecule has 1 aromatic carbocycles. The number of benzene rings is 1. The summed E-state index contributed by atoms with van der Waals surface area (Å²) in [5.74, 6) is 0.0558. The van der Waals surface area contributed by atoms with Crippen LogP contribution in [0.15, 0.2) is 30.3 Å². The lowest BCUT2D eigenvalue weighted by Gasteiger charge is -2.09. The van der Waals surface area contributed by atoms with E-state index in [1.165, 1.54) is 4.88 Å². The van der Waals surface area contributed by atoms with E-state index in [9.17, 15) is 4.79 Å². The summed E-state index contributed by atoms with van der Waals surface area (Å²) >= 11 is 8.20. The van der Waals surface area contributed by atoms with Crippen LogP contribution in [0, 0.1) is 6.92 Å². The monoisotopic (exact) mass is 277 g/mol. The molecule has 0 bridgehead atoms. The fourth-order valence-electron chi connectivity index (χ4n) is 2.16. The molecule has 1 aromatic heterocycles. The standard InChI is InChI=1S/C14H12ClNOS/c1-8-2-5-12(18-8)14(15)9-3-4-11-10(6-9)7-13(17)16-11/h2-6,14H,7H2,1H3,(H,16,17). The van der Waals surface area contributed by atoms with Crippen LogP contribution < -0.4 is 5.32 Å². The van der Waals surface area contributed by atoms with Gasteiger partial charge in [0.25, 0.3) is 0 Å². The van der Waals surface area contributed by atoms with Gasteiger partial charge in [-0.15, -0.1) is 22.9 Å². The average Bonchev–Trinajstić information content (AvgIpc) is 2.92. The maximum Gasteiger partial charge on any atom is 0.228 e. The number of anilines is 1. The van der Waals surface area contributed by atoms with Crippen molar-refractivity contribution in [3.8, 4) is 0 Å². The number of halogens is 1. The van der Waals surface area contributed by atoms with Crippen LogP contribution in [0.4, 0.5) is 5.69 Å². The van der Waals surface area contributed by atoms with E-state index in [0.717, 1.165) is 21.7 Å². The summed E-state index contributed by atoms with van der Waals surface area (Å²) < 4.78 is 0. The Kier molecular flexibility index (Phi) is 2.88. The van der Waals surface area contributed by atoms with E-state index in [1.807, 2.05) is 18.2 Å². The molecule has 4 heteroatoms. The molecular formula is C14H12ClNOS. The van der Waals surface area contributed by atoms with Gasteiger partial charge in [0, 0.05) is 15.4 Å². The van der Waals surface area contributed by atoms with Gasteiger partial charge in [0.05, 0.1) is 11.8 Å². The van der Waals surface area contributed by atoms with Gasteiger partial charge < -0.3 is 5.32 Å². The molecule has 0 saturated heterocycles. The molecule has 0 radical (unpaired) electrons. The Labute approximate surface area is 115 Å². The molecule has 3 rings (SSSR count). The zero-order chi connectivity index (χ0) is 12.7. The number of nitrogens with one attached hydrogen (secondary N) is 1. The van der Waals surface area contributed by atoms with Gasteiger partial charge in [-0.2, -0.15) is 0 Å². The molecule has 1 N–H and O–H groups in total. The van der Waals surface area contributed by atoms with E-state index in [2.05, 4.69) is 24.4 Å². The van der Waals surface area contributed by atoms with E-state index in [-0.39, 0.29) is 11.3 Å². The topological polar surface area (TPSA) is 29.1 Å². The summed E-state index contributed by atoms with van der Waals surface area (Å²) in [7, 11) is 0. The maximum atomic E-state index is 11.3. The Bertz CT molecular complexity index is 620. The second-order valence-electron chi connectivity index (χ2n) is 4.45. The molecule has 2 nitrogen and oxygen atoms in total. The van der Waals surface area contributed by atoms with Crippen LogP contribution >= 0.6 is 22.9 Å². The largest absolute Gasteiger partial charge is 0.326 e. The molecule has 0 aliphatic carbocycles. The number of amides is 1. The number of alkyl halides is 1. The summed E-state index contributed by atoms with van der Waals surface area (Å²) in [4.78, 5) is 13.7. The number of rotatable bonds is 2. The van der Waals surface area contributed by atoms with Gasteiger partial charge in [-0.05, 0) is 36.2 Å². The highest BCUT2D eigenvalue weighted by Crippen LogP contribution is 2.36. The molecule has 0 spiro atoms. The molecule has 1 unspecified atom stereocenters. The van der Waals surface area contributed by atoms with Gasteiger partial charge in [-0.3, -0.25) is 4.79 Å². The third-order valence-corrected chi connectivity index (χ3v) is 4.74. The lowest BCUT2D eigenvalue weighted by Crippen LogP contribution is -2.03. The summed E-state index contributed by atoms with van der Waals surface area (Å²) in [6, 6.07) is 10.1. The minimum absolute atomic E-state index is 0.0558. The maximum absolute atomic E-state index is 11.3. The first-order valence-corrected chi connectivity index (χ1v) is 7.02. The Balaban J connectivity index is 1.94. The Morgan fingerprint density at radius 2 is 2.17 bits per heavy atom. The van der Waals surface area contributed by atoms with Crippen molar-refractivity contribution in [3.05, 3.63) is 51.2 Å². The zero-order valence-electron chi connectivity index (χ0n) is 9.87. The zero-order valence-corrected chi connectivity index (χ0v) is 11.4. The fraction of sp³-hybridized carbons (Fsp3) is 0.214. The van der Waals surface area contributed by atoms with Crippen LogP contribution in [0.25, 0.3) is 0 Å². The average molecular weight is 278 g/mol. The van der Waals surface area contributed by atoms with Crippen molar-refractivity contribution >= 4 is 34.5 Å². The predicted molar refractivity (Wildman–Crippen MR) is 75.5 cm³/mol. The highest BCUT2D eigenvalue weighted by molar-refractivity contribution is 7.12. The van der Waals surface area contributed by atoms with E-state index >= 15 is 0 Å². The Morgan fingerprint density at radius 1 is 1.33 bits per heavy atom. The van der Waals surface area contributed by atoms with Gasteiger partial charge in [0.15, 0.2) is 0 Å². The van der Waals surface area contributed by atoms with Gasteiger partial charge >= 0.3 is 0 Å². The quantitative estimate of drug-likeness (QED) is 0.830. The summed E-state index contributed by atoms with van der Waals surface area (Å²) in [6.45, 7) is 2.07. The van der Waals surface area contributed by atoms with Crippen molar-refractivity contribution in [2.75, 3.05) is 5.32 Å². The fourth-order valence-corrected chi connectivity index (χ4v) is 3.39. The Morgan fingerprint density at radius 3 is 2.89 bits per heavy atom. The molecule has 2 aromatic rings. The van der Waals surface area contributed by atoms with Gasteiger partial charge in [-0.1, -0.05) is 12.1 Å². The van der Waals surface area contributed by atoms with Crippen LogP contribution in [-0.4, -0.2) is 5.91 Å². The molecular weight excluding hydrogens is 266 g/mol. The molecule has 1 amide bonds. The number of carbonyl (C=O) groups excluding carboxylic acids is 1. The van der Waals surface area contributed by atoms with Crippen molar-refractivity contribution in [2.45, 2.75) is 18.7 Å². The third kappa shape index (κ3) is 2.04. The SMILES string of the molecule is Cc1ccc(C(Cl)c2ccc3c(c2)CC(=O)N3)s1. The van der Waals surface area contributed by atoms with Crippen LogP contribution in [0.3, 0.4) is 0 Å². The molecule has 1 atom stereocenters. The smallest absolute Gasteiger partial charge is 0.228 e. The third-order valence-electron chi connectivity index (χ3n) is 3.06. The Hall–Kier alpha value is -1.32.